The molecule has 8 heteroatoms. The van der Waals surface area contributed by atoms with Crippen molar-refractivity contribution in [3.8, 4) is 0 Å². The molecule has 0 spiro atoms. The monoisotopic (exact) mass is 342 g/mol. The molecular formula is C16H11ClN4O3. The Bertz CT molecular complexity index is 899. The van der Waals surface area contributed by atoms with Crippen LogP contribution in [0.2, 0.25) is 5.02 Å². The third-order valence-corrected chi connectivity index (χ3v) is 3.21. The van der Waals surface area contributed by atoms with Crippen molar-refractivity contribution in [1.29, 1.82) is 0 Å². The number of ether oxygens (including phenoxy) is 1. The van der Waals surface area contributed by atoms with Crippen molar-refractivity contribution in [3.63, 3.8) is 0 Å². The van der Waals surface area contributed by atoms with Crippen LogP contribution in [0.15, 0.2) is 48.8 Å². The second-order valence-corrected chi connectivity index (χ2v) is 5.17. The molecule has 1 aromatic carbocycles. The molecule has 1 amide bonds. The van der Waals surface area contributed by atoms with Crippen LogP contribution < -0.4 is 5.32 Å². The molecule has 0 unspecified atom stereocenters. The van der Waals surface area contributed by atoms with Crippen LogP contribution in [-0.2, 0) is 9.53 Å². The van der Waals surface area contributed by atoms with E-state index < -0.39 is 18.5 Å². The highest BCUT2D eigenvalue weighted by Gasteiger charge is 2.13. The quantitative estimate of drug-likeness (QED) is 0.732. The second kappa shape index (κ2) is 7.01. The minimum absolute atomic E-state index is 0.0334. The lowest BCUT2D eigenvalue weighted by Gasteiger charge is -2.06. The molecule has 0 aliphatic rings. The van der Waals surface area contributed by atoms with Gasteiger partial charge in [0.1, 0.15) is 5.82 Å². The van der Waals surface area contributed by atoms with E-state index in [1.165, 1.54) is 18.5 Å². The molecule has 24 heavy (non-hydrogen) atoms. The molecule has 2 aromatic heterocycles. The summed E-state index contributed by atoms with van der Waals surface area (Å²) in [5, 5.41) is 2.94. The van der Waals surface area contributed by atoms with Gasteiger partial charge in [-0.2, -0.15) is 0 Å². The van der Waals surface area contributed by atoms with E-state index in [4.69, 9.17) is 16.3 Å². The lowest BCUT2D eigenvalue weighted by Crippen LogP contribution is -2.21. The number of benzene rings is 1. The van der Waals surface area contributed by atoms with E-state index in [0.29, 0.717) is 21.9 Å². The molecule has 120 valence electrons. The first kappa shape index (κ1) is 15.8. The van der Waals surface area contributed by atoms with Gasteiger partial charge in [-0.1, -0.05) is 23.7 Å². The number of hydrogen-bond donors (Lipinski definition) is 1. The van der Waals surface area contributed by atoms with Crippen LogP contribution in [0.5, 0.6) is 0 Å². The lowest BCUT2D eigenvalue weighted by atomic mass is 10.3. The molecule has 0 aliphatic heterocycles. The highest BCUT2D eigenvalue weighted by atomic mass is 35.5. The normalized spacial score (nSPS) is 10.4. The van der Waals surface area contributed by atoms with E-state index >= 15 is 0 Å². The number of hydrogen-bond acceptors (Lipinski definition) is 6. The zero-order valence-corrected chi connectivity index (χ0v) is 13.0. The van der Waals surface area contributed by atoms with Crippen LogP contribution in [-0.4, -0.2) is 33.4 Å². The molecular weight excluding hydrogens is 332 g/mol. The topological polar surface area (TPSA) is 94.1 Å². The molecule has 7 nitrogen and oxygen atoms in total. The fraction of sp³-hybridized carbons (Fsp3) is 0.0625. The smallest absolute Gasteiger partial charge is 0.359 e. The number of nitrogens with one attached hydrogen (secondary N) is 1. The van der Waals surface area contributed by atoms with Gasteiger partial charge >= 0.3 is 5.97 Å². The van der Waals surface area contributed by atoms with Crippen LogP contribution in [0.1, 0.15) is 10.5 Å². The number of halogens is 1. The first-order chi connectivity index (χ1) is 11.6. The minimum atomic E-state index is -0.729. The maximum Gasteiger partial charge on any atom is 0.359 e. The Morgan fingerprint density at radius 3 is 2.58 bits per heavy atom. The van der Waals surface area contributed by atoms with Crippen molar-refractivity contribution in [2.45, 2.75) is 0 Å². The van der Waals surface area contributed by atoms with E-state index in [-0.39, 0.29) is 5.69 Å². The molecule has 0 radical (unpaired) electrons. The fourth-order valence-corrected chi connectivity index (χ4v) is 2.00. The summed E-state index contributed by atoms with van der Waals surface area (Å²) < 4.78 is 4.93. The zero-order chi connectivity index (χ0) is 16.9. The number of amides is 1. The van der Waals surface area contributed by atoms with Gasteiger partial charge < -0.3 is 10.1 Å². The van der Waals surface area contributed by atoms with Crippen LogP contribution in [0.25, 0.3) is 11.0 Å². The summed E-state index contributed by atoms with van der Waals surface area (Å²) in [5.74, 6) is -0.940. The summed E-state index contributed by atoms with van der Waals surface area (Å²) in [5.41, 5.74) is 1.27. The summed E-state index contributed by atoms with van der Waals surface area (Å²) in [4.78, 5) is 35.9. The van der Waals surface area contributed by atoms with Crippen molar-refractivity contribution in [1.82, 2.24) is 15.0 Å². The average Bonchev–Trinajstić information content (AvgIpc) is 2.61. The van der Waals surface area contributed by atoms with Gasteiger partial charge in [0.15, 0.2) is 12.3 Å². The number of pyridine rings is 1. The molecule has 0 atom stereocenters. The van der Waals surface area contributed by atoms with Gasteiger partial charge in [0.05, 0.1) is 22.3 Å². The predicted octanol–water partition coefficient (Wildman–Crippen LogP) is 2.47. The summed E-state index contributed by atoms with van der Waals surface area (Å²) in [7, 11) is 0. The summed E-state index contributed by atoms with van der Waals surface area (Å²) >= 11 is 5.70. The Balaban J connectivity index is 1.59. The highest BCUT2D eigenvalue weighted by molar-refractivity contribution is 6.30. The van der Waals surface area contributed by atoms with E-state index in [1.54, 1.807) is 24.3 Å². The highest BCUT2D eigenvalue weighted by Crippen LogP contribution is 2.10. The largest absolute Gasteiger partial charge is 0.451 e. The first-order valence-electron chi connectivity index (χ1n) is 6.92. The second-order valence-electron chi connectivity index (χ2n) is 4.73. The first-order valence-corrected chi connectivity index (χ1v) is 7.30. The number of fused-ring (bicyclic) bond motifs is 1. The Morgan fingerprint density at radius 2 is 1.83 bits per heavy atom. The van der Waals surface area contributed by atoms with Gasteiger partial charge in [0.2, 0.25) is 0 Å². The van der Waals surface area contributed by atoms with Gasteiger partial charge in [0.25, 0.3) is 5.91 Å². The zero-order valence-electron chi connectivity index (χ0n) is 12.3. The minimum Gasteiger partial charge on any atom is -0.451 e. The number of carbonyl (C=O) groups is 2. The third kappa shape index (κ3) is 3.82. The number of nitrogens with zero attached hydrogens (tertiary/aromatic N) is 3. The van der Waals surface area contributed by atoms with Gasteiger partial charge in [-0.15, -0.1) is 0 Å². The fourth-order valence-electron chi connectivity index (χ4n) is 1.89. The Morgan fingerprint density at radius 1 is 1.04 bits per heavy atom. The molecule has 3 rings (SSSR count). The maximum absolute atomic E-state index is 12.0. The van der Waals surface area contributed by atoms with E-state index in [9.17, 15) is 9.59 Å². The Labute approximate surface area is 141 Å². The SMILES string of the molecule is O=C(COC(=O)c1cnc2ccccc2n1)Nc1ccc(Cl)cn1. The van der Waals surface area contributed by atoms with Crippen molar-refractivity contribution in [2.24, 2.45) is 0 Å². The predicted molar refractivity (Wildman–Crippen MR) is 87.7 cm³/mol. The number of rotatable bonds is 4. The van der Waals surface area contributed by atoms with Crippen molar-refractivity contribution >= 4 is 40.3 Å². The summed E-state index contributed by atoms with van der Waals surface area (Å²) in [6.45, 7) is -0.461. The van der Waals surface area contributed by atoms with E-state index in [1.807, 2.05) is 6.07 Å². The van der Waals surface area contributed by atoms with E-state index in [2.05, 4.69) is 20.3 Å². The van der Waals surface area contributed by atoms with Crippen LogP contribution in [0.3, 0.4) is 0 Å². The molecule has 3 aromatic rings. The number of esters is 1. The molecule has 2 heterocycles. The molecule has 0 fully saturated rings. The summed E-state index contributed by atoms with van der Waals surface area (Å²) in [6, 6.07) is 10.3. The van der Waals surface area contributed by atoms with Crippen LogP contribution >= 0.6 is 11.6 Å². The number of para-hydroxylation sites is 2. The molecule has 0 bridgehead atoms. The molecule has 0 aliphatic carbocycles. The molecule has 1 N–H and O–H groups in total. The lowest BCUT2D eigenvalue weighted by molar-refractivity contribution is -0.119. The van der Waals surface area contributed by atoms with E-state index in [0.717, 1.165) is 0 Å². The van der Waals surface area contributed by atoms with Crippen molar-refractivity contribution in [2.75, 3.05) is 11.9 Å². The van der Waals surface area contributed by atoms with Gasteiger partial charge in [-0.05, 0) is 24.3 Å². The molecule has 0 saturated heterocycles. The maximum atomic E-state index is 12.0. The van der Waals surface area contributed by atoms with Crippen molar-refractivity contribution in [3.05, 3.63) is 59.5 Å². The molecule has 0 saturated carbocycles. The van der Waals surface area contributed by atoms with Gasteiger partial charge in [0, 0.05) is 6.20 Å². The Hall–Kier alpha value is -3.06. The summed E-state index contributed by atoms with van der Waals surface area (Å²) in [6.07, 6.45) is 2.71. The Kier molecular flexibility index (Phi) is 4.62. The number of carbonyl (C=O) groups excluding carboxylic acids is 2. The third-order valence-electron chi connectivity index (χ3n) is 2.99. The number of aromatic nitrogens is 3. The van der Waals surface area contributed by atoms with Crippen LogP contribution in [0.4, 0.5) is 5.82 Å². The van der Waals surface area contributed by atoms with Gasteiger partial charge in [-0.3, -0.25) is 9.78 Å². The standard InChI is InChI=1S/C16H11ClN4O3/c17-10-5-6-14(19-7-10)21-15(22)9-24-16(23)13-8-18-11-3-1-2-4-12(11)20-13/h1-8H,9H2,(H,19,21,22). The number of anilines is 1. The van der Waals surface area contributed by atoms with Gasteiger partial charge in [-0.25, -0.2) is 14.8 Å². The average molecular weight is 343 g/mol. The van der Waals surface area contributed by atoms with Crippen molar-refractivity contribution < 1.29 is 14.3 Å². The van der Waals surface area contributed by atoms with Crippen LogP contribution in [0, 0.1) is 0 Å².